The SMILES string of the molecule is Cc1cccc(C(N)CC(C)C)c1Br. The van der Waals surface area contributed by atoms with E-state index in [4.69, 9.17) is 5.73 Å². The van der Waals surface area contributed by atoms with Crippen LogP contribution in [0.25, 0.3) is 0 Å². The Hall–Kier alpha value is -0.340. The van der Waals surface area contributed by atoms with Crippen molar-refractivity contribution in [1.82, 2.24) is 0 Å². The Morgan fingerprint density at radius 3 is 2.57 bits per heavy atom. The third-order valence-electron chi connectivity index (χ3n) is 2.35. The molecule has 0 aromatic heterocycles. The van der Waals surface area contributed by atoms with Gasteiger partial charge in [-0.15, -0.1) is 0 Å². The van der Waals surface area contributed by atoms with E-state index in [1.54, 1.807) is 0 Å². The maximum Gasteiger partial charge on any atom is 0.0308 e. The Kier molecular flexibility index (Phi) is 4.14. The van der Waals surface area contributed by atoms with E-state index in [1.807, 2.05) is 0 Å². The molecule has 14 heavy (non-hydrogen) atoms. The number of aryl methyl sites for hydroxylation is 1. The molecular weight excluding hydrogens is 238 g/mol. The summed E-state index contributed by atoms with van der Waals surface area (Å²) < 4.78 is 1.16. The Labute approximate surface area is 94.8 Å². The highest BCUT2D eigenvalue weighted by atomic mass is 79.9. The second-order valence-electron chi connectivity index (χ2n) is 4.21. The van der Waals surface area contributed by atoms with E-state index in [-0.39, 0.29) is 6.04 Å². The third kappa shape index (κ3) is 2.82. The minimum atomic E-state index is 0.143. The highest BCUT2D eigenvalue weighted by Gasteiger charge is 2.12. The third-order valence-corrected chi connectivity index (χ3v) is 3.43. The molecule has 2 heteroatoms. The zero-order valence-corrected chi connectivity index (χ0v) is 10.6. The largest absolute Gasteiger partial charge is 0.324 e. The van der Waals surface area contributed by atoms with Crippen molar-refractivity contribution >= 4 is 15.9 Å². The van der Waals surface area contributed by atoms with Gasteiger partial charge in [-0.2, -0.15) is 0 Å². The minimum absolute atomic E-state index is 0.143. The molecule has 0 bridgehead atoms. The van der Waals surface area contributed by atoms with Crippen LogP contribution in [0.4, 0.5) is 0 Å². The molecule has 0 heterocycles. The number of benzene rings is 1. The topological polar surface area (TPSA) is 26.0 Å². The molecule has 1 nitrogen and oxygen atoms in total. The molecule has 0 amide bonds. The monoisotopic (exact) mass is 255 g/mol. The first-order valence-corrected chi connectivity index (χ1v) is 5.82. The quantitative estimate of drug-likeness (QED) is 0.874. The number of hydrogen-bond acceptors (Lipinski definition) is 1. The van der Waals surface area contributed by atoms with Crippen molar-refractivity contribution in [3.63, 3.8) is 0 Å². The molecule has 0 fully saturated rings. The van der Waals surface area contributed by atoms with Crippen LogP contribution in [0.15, 0.2) is 22.7 Å². The predicted octanol–water partition coefficient (Wildman–Crippen LogP) is 3.80. The average Bonchev–Trinajstić information content (AvgIpc) is 2.08. The Bertz CT molecular complexity index is 307. The summed E-state index contributed by atoms with van der Waals surface area (Å²) >= 11 is 3.59. The lowest BCUT2D eigenvalue weighted by atomic mass is 9.97. The number of hydrogen-bond donors (Lipinski definition) is 1. The van der Waals surface area contributed by atoms with Crippen LogP contribution in [-0.4, -0.2) is 0 Å². The minimum Gasteiger partial charge on any atom is -0.324 e. The van der Waals surface area contributed by atoms with Crippen molar-refractivity contribution in [2.75, 3.05) is 0 Å². The highest BCUT2D eigenvalue weighted by molar-refractivity contribution is 9.10. The lowest BCUT2D eigenvalue weighted by Crippen LogP contribution is -2.13. The summed E-state index contributed by atoms with van der Waals surface area (Å²) in [6.07, 6.45) is 1.03. The van der Waals surface area contributed by atoms with Crippen LogP contribution in [0, 0.1) is 12.8 Å². The number of halogens is 1. The second-order valence-corrected chi connectivity index (χ2v) is 5.01. The van der Waals surface area contributed by atoms with Crippen molar-refractivity contribution in [3.8, 4) is 0 Å². The standard InChI is InChI=1S/C12H18BrN/c1-8(2)7-11(14)10-6-4-5-9(3)12(10)13/h4-6,8,11H,7,14H2,1-3H3. The van der Waals surface area contributed by atoms with Crippen molar-refractivity contribution in [2.45, 2.75) is 33.2 Å². The van der Waals surface area contributed by atoms with E-state index in [0.717, 1.165) is 10.9 Å². The summed E-state index contributed by atoms with van der Waals surface area (Å²) in [5.41, 5.74) is 8.61. The van der Waals surface area contributed by atoms with Crippen LogP contribution in [0.2, 0.25) is 0 Å². The van der Waals surface area contributed by atoms with Crippen molar-refractivity contribution < 1.29 is 0 Å². The molecule has 1 aromatic carbocycles. The van der Waals surface area contributed by atoms with E-state index >= 15 is 0 Å². The van der Waals surface area contributed by atoms with Gasteiger partial charge in [0.15, 0.2) is 0 Å². The molecule has 0 radical (unpaired) electrons. The van der Waals surface area contributed by atoms with Gasteiger partial charge in [-0.3, -0.25) is 0 Å². The van der Waals surface area contributed by atoms with Gasteiger partial charge >= 0.3 is 0 Å². The smallest absolute Gasteiger partial charge is 0.0308 e. The molecule has 0 saturated heterocycles. The molecule has 1 rings (SSSR count). The van der Waals surface area contributed by atoms with Gasteiger partial charge in [0.2, 0.25) is 0 Å². The summed E-state index contributed by atoms with van der Waals surface area (Å²) in [5.74, 6) is 0.636. The van der Waals surface area contributed by atoms with Gasteiger partial charge in [0.1, 0.15) is 0 Å². The molecule has 1 aromatic rings. The summed E-state index contributed by atoms with van der Waals surface area (Å²) in [7, 11) is 0. The van der Waals surface area contributed by atoms with Gasteiger partial charge in [0.05, 0.1) is 0 Å². The normalized spacial score (nSPS) is 13.3. The Balaban J connectivity index is 2.89. The zero-order valence-electron chi connectivity index (χ0n) is 9.05. The van der Waals surface area contributed by atoms with E-state index < -0.39 is 0 Å². The summed E-state index contributed by atoms with van der Waals surface area (Å²) in [5, 5.41) is 0. The van der Waals surface area contributed by atoms with Gasteiger partial charge < -0.3 is 5.73 Å². The predicted molar refractivity (Wildman–Crippen MR) is 65.3 cm³/mol. The molecule has 2 N–H and O–H groups in total. The first-order valence-electron chi connectivity index (χ1n) is 5.03. The molecule has 0 saturated carbocycles. The van der Waals surface area contributed by atoms with Gasteiger partial charge in [-0.25, -0.2) is 0 Å². The van der Waals surface area contributed by atoms with Crippen molar-refractivity contribution in [2.24, 2.45) is 11.7 Å². The number of rotatable bonds is 3. The number of nitrogens with two attached hydrogens (primary N) is 1. The van der Waals surface area contributed by atoms with Crippen LogP contribution in [0.3, 0.4) is 0 Å². The van der Waals surface area contributed by atoms with Crippen molar-refractivity contribution in [1.29, 1.82) is 0 Å². The van der Waals surface area contributed by atoms with Crippen LogP contribution in [0.1, 0.15) is 37.4 Å². The van der Waals surface area contributed by atoms with Crippen molar-refractivity contribution in [3.05, 3.63) is 33.8 Å². The maximum atomic E-state index is 6.14. The fourth-order valence-corrected chi connectivity index (χ4v) is 2.15. The lowest BCUT2D eigenvalue weighted by Gasteiger charge is -2.17. The first kappa shape index (κ1) is 11.7. The average molecular weight is 256 g/mol. The van der Waals surface area contributed by atoms with E-state index in [0.29, 0.717) is 5.92 Å². The van der Waals surface area contributed by atoms with Gasteiger partial charge in [0, 0.05) is 10.5 Å². The van der Waals surface area contributed by atoms with E-state index in [2.05, 4.69) is 54.9 Å². The summed E-state index contributed by atoms with van der Waals surface area (Å²) in [4.78, 5) is 0. The first-order chi connectivity index (χ1) is 6.52. The Morgan fingerprint density at radius 1 is 1.36 bits per heavy atom. The fraction of sp³-hybridized carbons (Fsp3) is 0.500. The lowest BCUT2D eigenvalue weighted by molar-refractivity contribution is 0.508. The van der Waals surface area contributed by atoms with Crippen LogP contribution >= 0.6 is 15.9 Å². The maximum absolute atomic E-state index is 6.14. The molecule has 0 aliphatic carbocycles. The van der Waals surface area contributed by atoms with Crippen LogP contribution < -0.4 is 5.73 Å². The summed E-state index contributed by atoms with van der Waals surface area (Å²) in [6, 6.07) is 6.40. The fourth-order valence-electron chi connectivity index (χ4n) is 1.59. The van der Waals surface area contributed by atoms with Gasteiger partial charge in [0.25, 0.3) is 0 Å². The molecular formula is C12H18BrN. The van der Waals surface area contributed by atoms with Gasteiger partial charge in [-0.05, 0) is 30.4 Å². The molecule has 0 aliphatic heterocycles. The molecule has 1 unspecified atom stereocenters. The zero-order chi connectivity index (χ0) is 10.7. The molecule has 1 atom stereocenters. The van der Waals surface area contributed by atoms with Crippen LogP contribution in [0.5, 0.6) is 0 Å². The second kappa shape index (κ2) is 4.94. The van der Waals surface area contributed by atoms with E-state index in [9.17, 15) is 0 Å². The molecule has 0 aliphatic rings. The van der Waals surface area contributed by atoms with E-state index in [1.165, 1.54) is 11.1 Å². The summed E-state index contributed by atoms with van der Waals surface area (Å²) in [6.45, 7) is 6.49. The van der Waals surface area contributed by atoms with Crippen LogP contribution in [-0.2, 0) is 0 Å². The highest BCUT2D eigenvalue weighted by Crippen LogP contribution is 2.28. The Morgan fingerprint density at radius 2 is 2.00 bits per heavy atom. The molecule has 0 spiro atoms. The van der Waals surface area contributed by atoms with Gasteiger partial charge in [-0.1, -0.05) is 48.0 Å². The molecule has 78 valence electrons.